The molecule has 0 saturated carbocycles. The Morgan fingerprint density at radius 2 is 1.17 bits per heavy atom. The standard InChI is InChI=1S/C18H18F3N3OS2.C18H21N3O2S2/c19-18(20,21)15-9-16(23-27-15)26-13-3-1-12(2-4-13)17(25)22-14-10-24-7-5-11(14)6-8-24;1-23-17-10-16(20-25-17)24-14-4-2-13(3-5-14)18(22)19-15-11-21-8-6-12(15)7-9-21/h1-4,9,11,14H,5-8,10H2,(H,22,25);2-5,10,12,15H,6-9,11H2,1H3,(H,19,22)/t14-;15-/m00/s1. The van der Waals surface area contributed by atoms with Crippen LogP contribution in [0.3, 0.4) is 0 Å². The molecule has 6 aliphatic heterocycles. The van der Waals surface area contributed by atoms with Crippen molar-refractivity contribution in [3.8, 4) is 5.06 Å². The smallest absolute Gasteiger partial charge is 0.427 e. The van der Waals surface area contributed by atoms with Gasteiger partial charge in [0.1, 0.15) is 14.9 Å². The number of piperidine rings is 6. The molecule has 6 saturated heterocycles. The van der Waals surface area contributed by atoms with Gasteiger partial charge in [-0.15, -0.1) is 0 Å². The number of ether oxygens (including phenoxy) is 1. The topological polar surface area (TPSA) is 99.7 Å². The molecule has 6 aliphatic rings. The Morgan fingerprint density at radius 3 is 1.54 bits per heavy atom. The summed E-state index contributed by atoms with van der Waals surface area (Å²) in [7, 11) is 1.64. The van der Waals surface area contributed by atoms with Crippen LogP contribution < -0.4 is 15.4 Å². The zero-order chi connectivity index (χ0) is 36.2. The average Bonchev–Trinajstić information content (AvgIpc) is 3.83. The molecule has 8 heterocycles. The summed E-state index contributed by atoms with van der Waals surface area (Å²) in [4.78, 5) is 31.0. The molecule has 9 nitrogen and oxygen atoms in total. The Hall–Kier alpha value is -3.15. The van der Waals surface area contributed by atoms with Gasteiger partial charge in [0.05, 0.1) is 7.11 Å². The van der Waals surface area contributed by atoms with E-state index in [9.17, 15) is 22.8 Å². The summed E-state index contributed by atoms with van der Waals surface area (Å²) in [6, 6.07) is 18.1. The second-order valence-corrected chi connectivity index (χ2v) is 17.2. The van der Waals surface area contributed by atoms with Gasteiger partial charge < -0.3 is 25.2 Å². The largest absolute Gasteiger partial charge is 0.486 e. The summed E-state index contributed by atoms with van der Waals surface area (Å²) in [6.45, 7) is 6.52. The summed E-state index contributed by atoms with van der Waals surface area (Å²) < 4.78 is 51.3. The SMILES string of the molecule is COc1cc(Sc2ccc(C(=O)N[C@H]3CN4CCC3CC4)cc2)ns1.O=C(N[C@H]1CN2CCC1CC2)c1ccc(Sc2cc(C(F)(F)F)sn2)cc1. The number of halogens is 3. The molecule has 52 heavy (non-hydrogen) atoms. The molecule has 0 aliphatic carbocycles. The van der Waals surface area contributed by atoms with Crippen LogP contribution in [0.15, 0.2) is 80.5 Å². The lowest BCUT2D eigenvalue weighted by molar-refractivity contribution is -0.134. The van der Waals surface area contributed by atoms with Gasteiger partial charge in [0.2, 0.25) is 0 Å². The molecule has 2 atom stereocenters. The summed E-state index contributed by atoms with van der Waals surface area (Å²) in [5, 5.41) is 8.38. The third kappa shape index (κ3) is 9.31. The van der Waals surface area contributed by atoms with Gasteiger partial charge in [-0.25, -0.2) is 0 Å². The van der Waals surface area contributed by atoms with Gasteiger partial charge in [-0.3, -0.25) is 9.59 Å². The van der Waals surface area contributed by atoms with Crippen molar-refractivity contribution in [2.24, 2.45) is 11.8 Å². The first kappa shape index (κ1) is 37.2. The maximum Gasteiger partial charge on any atom is 0.427 e. The lowest BCUT2D eigenvalue weighted by Crippen LogP contribution is -2.57. The number of carbonyl (C=O) groups excluding carboxylic acids is 2. The van der Waals surface area contributed by atoms with Crippen molar-refractivity contribution in [2.75, 3.05) is 46.4 Å². The second kappa shape index (κ2) is 16.5. The molecule has 10 rings (SSSR count). The van der Waals surface area contributed by atoms with Crippen LogP contribution in [0, 0.1) is 11.8 Å². The van der Waals surface area contributed by atoms with E-state index in [1.807, 2.05) is 30.3 Å². The molecular formula is C36H39F3N6O3S4. The maximum atomic E-state index is 12.6. The third-order valence-electron chi connectivity index (χ3n) is 10.1. The van der Waals surface area contributed by atoms with Crippen LogP contribution in [-0.2, 0) is 6.18 Å². The van der Waals surface area contributed by atoms with Crippen molar-refractivity contribution in [2.45, 2.75) is 63.8 Å². The lowest BCUT2D eigenvalue weighted by atomic mass is 9.84. The minimum atomic E-state index is -4.37. The fraction of sp³-hybridized carbons (Fsp3) is 0.444. The van der Waals surface area contributed by atoms with Gasteiger partial charge in [-0.05, 0) is 130 Å². The number of benzene rings is 2. The first-order chi connectivity index (χ1) is 25.1. The molecule has 2 N–H and O–H groups in total. The lowest BCUT2D eigenvalue weighted by Gasteiger charge is -2.44. The molecule has 2 amide bonds. The molecule has 6 fully saturated rings. The first-order valence-corrected chi connectivity index (χ1v) is 20.4. The predicted molar refractivity (Wildman–Crippen MR) is 198 cm³/mol. The van der Waals surface area contributed by atoms with Gasteiger partial charge in [0.25, 0.3) is 11.8 Å². The van der Waals surface area contributed by atoms with Crippen molar-refractivity contribution in [1.82, 2.24) is 29.2 Å². The van der Waals surface area contributed by atoms with Gasteiger partial charge in [-0.1, -0.05) is 23.5 Å². The second-order valence-electron chi connectivity index (χ2n) is 13.4. The van der Waals surface area contributed by atoms with Crippen LogP contribution in [-0.4, -0.2) is 88.8 Å². The molecule has 0 spiro atoms. The van der Waals surface area contributed by atoms with Crippen molar-refractivity contribution in [3.05, 3.63) is 76.7 Å². The minimum absolute atomic E-state index is 0.0330. The molecule has 4 bridgehead atoms. The van der Waals surface area contributed by atoms with Gasteiger partial charge >= 0.3 is 6.18 Å². The number of hydrogen-bond acceptors (Lipinski definition) is 11. The number of hydrogen-bond donors (Lipinski definition) is 2. The number of amides is 2. The highest BCUT2D eigenvalue weighted by atomic mass is 32.2. The summed E-state index contributed by atoms with van der Waals surface area (Å²) in [5.74, 6) is 1.13. The van der Waals surface area contributed by atoms with E-state index in [4.69, 9.17) is 4.74 Å². The highest BCUT2D eigenvalue weighted by Crippen LogP contribution is 2.37. The molecule has 0 radical (unpaired) electrons. The van der Waals surface area contributed by atoms with Crippen LogP contribution in [0.25, 0.3) is 0 Å². The quantitative estimate of drug-likeness (QED) is 0.182. The van der Waals surface area contributed by atoms with E-state index in [1.165, 1.54) is 37.5 Å². The zero-order valence-corrected chi connectivity index (χ0v) is 31.7. The molecule has 4 aromatic rings. The molecular weight excluding hydrogens is 750 g/mol. The highest BCUT2D eigenvalue weighted by molar-refractivity contribution is 7.99. The van der Waals surface area contributed by atoms with Crippen molar-refractivity contribution in [1.29, 1.82) is 0 Å². The molecule has 276 valence electrons. The first-order valence-electron chi connectivity index (χ1n) is 17.3. The number of nitrogens with one attached hydrogen (secondary N) is 2. The average molecular weight is 789 g/mol. The van der Waals surface area contributed by atoms with E-state index in [1.54, 1.807) is 43.1 Å². The van der Waals surface area contributed by atoms with Gasteiger partial charge in [0.15, 0.2) is 5.06 Å². The third-order valence-corrected chi connectivity index (χ3v) is 13.7. The highest BCUT2D eigenvalue weighted by Gasteiger charge is 2.36. The Morgan fingerprint density at radius 1 is 0.731 bits per heavy atom. The monoisotopic (exact) mass is 788 g/mol. The van der Waals surface area contributed by atoms with Crippen LogP contribution in [0.1, 0.15) is 51.3 Å². The number of methoxy groups -OCH3 is 1. The summed E-state index contributed by atoms with van der Waals surface area (Å²) >= 11 is 4.51. The molecule has 2 aromatic carbocycles. The number of fused-ring (bicyclic) bond motifs is 6. The number of aromatic nitrogens is 2. The van der Waals surface area contributed by atoms with E-state index >= 15 is 0 Å². The normalized spacial score (nSPS) is 24.8. The predicted octanol–water partition coefficient (Wildman–Crippen LogP) is 7.26. The van der Waals surface area contributed by atoms with Crippen molar-refractivity contribution >= 4 is 58.4 Å². The van der Waals surface area contributed by atoms with Gasteiger partial charge in [-0.2, -0.15) is 21.9 Å². The van der Waals surface area contributed by atoms with E-state index in [-0.39, 0.29) is 17.9 Å². The summed E-state index contributed by atoms with van der Waals surface area (Å²) in [6.07, 6.45) is 0.310. The zero-order valence-electron chi connectivity index (χ0n) is 28.4. The fourth-order valence-electron chi connectivity index (χ4n) is 7.18. The number of carbonyl (C=O) groups is 2. The molecule has 2 aromatic heterocycles. The van der Waals surface area contributed by atoms with Crippen LogP contribution >= 0.6 is 46.6 Å². The van der Waals surface area contributed by atoms with E-state index in [0.29, 0.717) is 40.0 Å². The van der Waals surface area contributed by atoms with Crippen molar-refractivity contribution in [3.63, 3.8) is 0 Å². The Bertz CT molecular complexity index is 1820. The number of rotatable bonds is 9. The Balaban J connectivity index is 0.000000162. The summed E-state index contributed by atoms with van der Waals surface area (Å²) in [5.41, 5.74) is 1.28. The fourth-order valence-corrected chi connectivity index (χ4v) is 10.2. The van der Waals surface area contributed by atoms with E-state index in [2.05, 4.69) is 29.2 Å². The number of nitrogens with zero attached hydrogens (tertiary/aromatic N) is 4. The Labute approximate surface area is 317 Å². The Kier molecular flexibility index (Phi) is 11.8. The van der Waals surface area contributed by atoms with E-state index in [0.717, 1.165) is 82.3 Å². The molecule has 16 heteroatoms. The van der Waals surface area contributed by atoms with E-state index < -0.39 is 11.1 Å². The van der Waals surface area contributed by atoms with Gasteiger partial charge in [0, 0.05) is 63.7 Å². The van der Waals surface area contributed by atoms with Crippen molar-refractivity contribution < 1.29 is 27.5 Å². The molecule has 0 unspecified atom stereocenters. The van der Waals surface area contributed by atoms with Crippen LogP contribution in [0.5, 0.6) is 5.06 Å². The number of alkyl halides is 3. The minimum Gasteiger partial charge on any atom is -0.486 e. The van der Waals surface area contributed by atoms with Crippen LogP contribution in [0.4, 0.5) is 13.2 Å². The maximum absolute atomic E-state index is 12.6. The van der Waals surface area contributed by atoms with Crippen LogP contribution in [0.2, 0.25) is 0 Å².